The minimum Gasteiger partial charge on any atom is -0.399 e. The van der Waals surface area contributed by atoms with Gasteiger partial charge in [-0.2, -0.15) is 0 Å². The van der Waals surface area contributed by atoms with Crippen LogP contribution in [0.2, 0.25) is 0 Å². The Hall–Kier alpha value is -2.59. The molecule has 0 saturated heterocycles. The van der Waals surface area contributed by atoms with Gasteiger partial charge in [-0.3, -0.25) is 4.79 Å². The van der Waals surface area contributed by atoms with Crippen molar-refractivity contribution in [3.63, 3.8) is 0 Å². The zero-order valence-corrected chi connectivity index (χ0v) is 13.0. The summed E-state index contributed by atoms with van der Waals surface area (Å²) in [6, 6.07) is 19.2. The molecule has 3 nitrogen and oxygen atoms in total. The highest BCUT2D eigenvalue weighted by Crippen LogP contribution is 2.29. The van der Waals surface area contributed by atoms with Crippen LogP contribution in [0.1, 0.15) is 15.2 Å². The molecule has 0 unspecified atom stereocenters. The van der Waals surface area contributed by atoms with Gasteiger partial charge in [0.2, 0.25) is 0 Å². The maximum atomic E-state index is 12.3. The summed E-state index contributed by atoms with van der Waals surface area (Å²) < 4.78 is 0. The Morgan fingerprint density at radius 2 is 1.86 bits per heavy atom. The highest BCUT2D eigenvalue weighted by molar-refractivity contribution is 7.17. The summed E-state index contributed by atoms with van der Waals surface area (Å²) >= 11 is 1.46. The number of rotatable bonds is 3. The highest BCUT2D eigenvalue weighted by Gasteiger charge is 2.10. The van der Waals surface area contributed by atoms with Gasteiger partial charge in [-0.05, 0) is 54.4 Å². The highest BCUT2D eigenvalue weighted by atomic mass is 32.1. The molecule has 0 aliphatic rings. The number of hydrogen-bond acceptors (Lipinski definition) is 3. The van der Waals surface area contributed by atoms with Crippen LogP contribution < -0.4 is 11.1 Å². The van der Waals surface area contributed by atoms with E-state index in [0.717, 1.165) is 27.4 Å². The third-order valence-electron chi connectivity index (χ3n) is 3.28. The van der Waals surface area contributed by atoms with E-state index in [1.807, 2.05) is 67.6 Å². The van der Waals surface area contributed by atoms with E-state index in [4.69, 9.17) is 5.73 Å². The monoisotopic (exact) mass is 308 g/mol. The van der Waals surface area contributed by atoms with Gasteiger partial charge < -0.3 is 11.1 Å². The molecule has 0 bridgehead atoms. The van der Waals surface area contributed by atoms with Crippen LogP contribution in [0.5, 0.6) is 0 Å². The van der Waals surface area contributed by atoms with Crippen molar-refractivity contribution in [1.29, 1.82) is 0 Å². The van der Waals surface area contributed by atoms with E-state index in [-0.39, 0.29) is 5.91 Å². The predicted octanol–water partition coefficient (Wildman–Crippen LogP) is 4.56. The molecule has 110 valence electrons. The Morgan fingerprint density at radius 1 is 1.05 bits per heavy atom. The summed E-state index contributed by atoms with van der Waals surface area (Å²) in [7, 11) is 0. The number of benzene rings is 2. The van der Waals surface area contributed by atoms with Gasteiger partial charge in [0.1, 0.15) is 0 Å². The van der Waals surface area contributed by atoms with Crippen molar-refractivity contribution in [2.75, 3.05) is 11.1 Å². The number of carbonyl (C=O) groups excluding carboxylic acids is 1. The first-order valence-corrected chi connectivity index (χ1v) is 7.77. The van der Waals surface area contributed by atoms with E-state index in [1.54, 1.807) is 0 Å². The third kappa shape index (κ3) is 3.18. The molecule has 0 aliphatic carbocycles. The van der Waals surface area contributed by atoms with Crippen LogP contribution >= 0.6 is 11.3 Å². The van der Waals surface area contributed by atoms with Crippen molar-refractivity contribution in [2.24, 2.45) is 0 Å². The molecule has 3 rings (SSSR count). The van der Waals surface area contributed by atoms with Crippen LogP contribution in [0.4, 0.5) is 11.4 Å². The van der Waals surface area contributed by atoms with Crippen molar-refractivity contribution in [3.8, 4) is 10.4 Å². The fraction of sp³-hybridized carbons (Fsp3) is 0.0556. The zero-order valence-electron chi connectivity index (χ0n) is 12.2. The van der Waals surface area contributed by atoms with Gasteiger partial charge in [-0.1, -0.05) is 24.3 Å². The zero-order chi connectivity index (χ0) is 15.5. The van der Waals surface area contributed by atoms with Crippen LogP contribution in [0.3, 0.4) is 0 Å². The number of hydrogen-bond donors (Lipinski definition) is 2. The van der Waals surface area contributed by atoms with Crippen LogP contribution in [-0.4, -0.2) is 5.91 Å². The summed E-state index contributed by atoms with van der Waals surface area (Å²) in [5.41, 5.74) is 9.48. The second kappa shape index (κ2) is 6.03. The van der Waals surface area contributed by atoms with Gasteiger partial charge >= 0.3 is 0 Å². The summed E-state index contributed by atoms with van der Waals surface area (Å²) in [5, 5.41) is 2.92. The number of thiophene rings is 1. The van der Waals surface area contributed by atoms with Crippen LogP contribution in [0.25, 0.3) is 10.4 Å². The van der Waals surface area contributed by atoms with Gasteiger partial charge in [-0.15, -0.1) is 11.3 Å². The molecule has 22 heavy (non-hydrogen) atoms. The van der Waals surface area contributed by atoms with E-state index < -0.39 is 0 Å². The minimum absolute atomic E-state index is 0.0919. The van der Waals surface area contributed by atoms with Gasteiger partial charge in [0.25, 0.3) is 5.91 Å². The fourth-order valence-electron chi connectivity index (χ4n) is 2.22. The predicted molar refractivity (Wildman–Crippen MR) is 93.3 cm³/mol. The maximum absolute atomic E-state index is 12.3. The Kier molecular flexibility index (Phi) is 3.94. The van der Waals surface area contributed by atoms with E-state index in [2.05, 4.69) is 5.32 Å². The smallest absolute Gasteiger partial charge is 0.265 e. The third-order valence-corrected chi connectivity index (χ3v) is 4.41. The number of aryl methyl sites for hydroxylation is 1. The number of carbonyl (C=O) groups is 1. The van der Waals surface area contributed by atoms with Crippen molar-refractivity contribution < 1.29 is 4.79 Å². The molecule has 0 fully saturated rings. The molecule has 0 spiro atoms. The number of anilines is 2. The topological polar surface area (TPSA) is 55.1 Å². The second-order valence-electron chi connectivity index (χ2n) is 5.11. The second-order valence-corrected chi connectivity index (χ2v) is 6.20. The summed E-state index contributed by atoms with van der Waals surface area (Å²) in [6.45, 7) is 2.00. The molecule has 4 heteroatoms. The van der Waals surface area contributed by atoms with E-state index >= 15 is 0 Å². The molecule has 0 radical (unpaired) electrons. The van der Waals surface area contributed by atoms with Gasteiger partial charge in [0, 0.05) is 16.3 Å². The molecule has 0 aliphatic heterocycles. The molecular weight excluding hydrogens is 292 g/mol. The number of nitrogens with one attached hydrogen (secondary N) is 1. The average molecular weight is 308 g/mol. The molecule has 0 saturated carbocycles. The average Bonchev–Trinajstić information content (AvgIpc) is 2.97. The molecule has 1 amide bonds. The molecular formula is C18H16N2OS. The van der Waals surface area contributed by atoms with Crippen molar-refractivity contribution >= 4 is 28.6 Å². The lowest BCUT2D eigenvalue weighted by atomic mass is 10.2. The number of amides is 1. The molecule has 1 heterocycles. The Labute approximate surface area is 133 Å². The fourth-order valence-corrected chi connectivity index (χ4v) is 3.12. The van der Waals surface area contributed by atoms with Gasteiger partial charge in [0.15, 0.2) is 0 Å². The summed E-state index contributed by atoms with van der Waals surface area (Å²) in [6.07, 6.45) is 0. The van der Waals surface area contributed by atoms with Crippen LogP contribution in [0.15, 0.2) is 60.7 Å². The first-order valence-electron chi connectivity index (χ1n) is 6.95. The number of nitrogens with two attached hydrogens (primary N) is 1. The van der Waals surface area contributed by atoms with Crippen molar-refractivity contribution in [3.05, 3.63) is 71.1 Å². The molecule has 2 aromatic carbocycles. The lowest BCUT2D eigenvalue weighted by molar-refractivity contribution is 0.103. The lowest BCUT2D eigenvalue weighted by Gasteiger charge is -2.04. The number of nitrogen functional groups attached to an aromatic ring is 1. The van der Waals surface area contributed by atoms with E-state index in [1.165, 1.54) is 11.3 Å². The standard InChI is InChI=1S/C18H16N2OS/c1-12-4-2-7-15(10-12)20-18(21)17-9-8-16(22-17)13-5-3-6-14(19)11-13/h2-11H,19H2,1H3,(H,20,21). The first kappa shape index (κ1) is 14.4. The largest absolute Gasteiger partial charge is 0.399 e. The molecule has 0 atom stereocenters. The summed E-state index contributed by atoms with van der Waals surface area (Å²) in [4.78, 5) is 14.0. The first-order chi connectivity index (χ1) is 10.6. The van der Waals surface area contributed by atoms with Crippen molar-refractivity contribution in [1.82, 2.24) is 0 Å². The Bertz CT molecular complexity index is 823. The SMILES string of the molecule is Cc1cccc(NC(=O)c2ccc(-c3cccc(N)c3)s2)c1. The minimum atomic E-state index is -0.0919. The normalized spacial score (nSPS) is 10.4. The van der Waals surface area contributed by atoms with E-state index in [0.29, 0.717) is 4.88 Å². The van der Waals surface area contributed by atoms with Gasteiger partial charge in [-0.25, -0.2) is 0 Å². The summed E-state index contributed by atoms with van der Waals surface area (Å²) in [5.74, 6) is -0.0919. The van der Waals surface area contributed by atoms with Gasteiger partial charge in [0.05, 0.1) is 4.88 Å². The molecule has 3 aromatic rings. The Balaban J connectivity index is 1.80. The maximum Gasteiger partial charge on any atom is 0.265 e. The molecule has 3 N–H and O–H groups in total. The van der Waals surface area contributed by atoms with Crippen LogP contribution in [0, 0.1) is 6.92 Å². The van der Waals surface area contributed by atoms with Crippen molar-refractivity contribution in [2.45, 2.75) is 6.92 Å². The Morgan fingerprint density at radius 3 is 2.64 bits per heavy atom. The lowest BCUT2D eigenvalue weighted by Crippen LogP contribution is -2.09. The quantitative estimate of drug-likeness (QED) is 0.697. The molecule has 1 aromatic heterocycles. The van der Waals surface area contributed by atoms with Crippen LogP contribution in [-0.2, 0) is 0 Å². The van der Waals surface area contributed by atoms with E-state index in [9.17, 15) is 4.79 Å².